The lowest BCUT2D eigenvalue weighted by Gasteiger charge is -2.22. The van der Waals surface area contributed by atoms with Crippen molar-refractivity contribution in [2.45, 2.75) is 19.4 Å². The van der Waals surface area contributed by atoms with Gasteiger partial charge in [-0.05, 0) is 44.2 Å². The first-order valence-electron chi connectivity index (χ1n) is 5.12. The summed E-state index contributed by atoms with van der Waals surface area (Å²) in [5.74, 6) is 0.661. The molecular weight excluding hydrogens is 238 g/mol. The summed E-state index contributed by atoms with van der Waals surface area (Å²) in [6.45, 7) is 7.46. The van der Waals surface area contributed by atoms with Crippen molar-refractivity contribution in [2.24, 2.45) is 0 Å². The van der Waals surface area contributed by atoms with E-state index in [1.807, 2.05) is 13.8 Å². The Morgan fingerprint density at radius 1 is 1.29 bits per heavy atom. The summed E-state index contributed by atoms with van der Waals surface area (Å²) in [5.41, 5.74) is 0.0578. The van der Waals surface area contributed by atoms with Gasteiger partial charge in [0, 0.05) is 5.69 Å². The smallest absolute Gasteiger partial charge is 0.229 e. The second kappa shape index (κ2) is 4.79. The van der Waals surface area contributed by atoms with Crippen molar-refractivity contribution >= 4 is 15.7 Å². The van der Waals surface area contributed by atoms with Crippen LogP contribution in [0.5, 0.6) is 5.75 Å². The molecule has 0 saturated carbocycles. The Morgan fingerprint density at radius 3 is 2.24 bits per heavy atom. The summed E-state index contributed by atoms with van der Waals surface area (Å²) in [7, 11) is -3.24. The maximum absolute atomic E-state index is 11.0. The number of benzene rings is 1. The highest BCUT2D eigenvalue weighted by Crippen LogP contribution is 2.21. The van der Waals surface area contributed by atoms with Gasteiger partial charge in [0.25, 0.3) is 0 Å². The fourth-order valence-electron chi connectivity index (χ4n) is 1.15. The molecule has 0 aliphatic heterocycles. The molecule has 0 aromatic heterocycles. The van der Waals surface area contributed by atoms with Crippen LogP contribution in [-0.4, -0.2) is 20.3 Å². The molecule has 0 unspecified atom stereocenters. The fraction of sp³-hybridized carbons (Fsp3) is 0.333. The van der Waals surface area contributed by atoms with E-state index in [4.69, 9.17) is 4.74 Å². The number of hydrogen-bond donors (Lipinski definition) is 1. The normalized spacial score (nSPS) is 11.9. The highest BCUT2D eigenvalue weighted by Gasteiger charge is 2.14. The molecule has 1 aromatic carbocycles. The fourth-order valence-corrected chi connectivity index (χ4v) is 1.71. The van der Waals surface area contributed by atoms with Gasteiger partial charge in [0.15, 0.2) is 0 Å². The van der Waals surface area contributed by atoms with Crippen LogP contribution in [0.1, 0.15) is 13.8 Å². The predicted octanol–water partition coefficient (Wildman–Crippen LogP) is 2.40. The first-order valence-corrected chi connectivity index (χ1v) is 7.01. The molecule has 17 heavy (non-hydrogen) atoms. The molecule has 0 radical (unpaired) electrons. The first-order chi connectivity index (χ1) is 7.72. The highest BCUT2D eigenvalue weighted by atomic mass is 32.2. The van der Waals surface area contributed by atoms with Crippen LogP contribution in [0.3, 0.4) is 0 Å². The second-order valence-corrected chi connectivity index (χ2v) is 6.06. The quantitative estimate of drug-likeness (QED) is 0.822. The van der Waals surface area contributed by atoms with E-state index in [2.05, 4.69) is 11.3 Å². The van der Waals surface area contributed by atoms with Gasteiger partial charge in [-0.1, -0.05) is 6.58 Å². The number of anilines is 1. The van der Waals surface area contributed by atoms with Gasteiger partial charge < -0.3 is 4.74 Å². The second-order valence-electron chi connectivity index (χ2n) is 4.31. The first kappa shape index (κ1) is 13.6. The van der Waals surface area contributed by atoms with Crippen molar-refractivity contribution in [1.82, 2.24) is 0 Å². The molecule has 4 nitrogen and oxygen atoms in total. The molecule has 94 valence electrons. The largest absolute Gasteiger partial charge is 0.484 e. The van der Waals surface area contributed by atoms with Crippen LogP contribution in [-0.2, 0) is 10.0 Å². The van der Waals surface area contributed by atoms with Gasteiger partial charge in [-0.25, -0.2) is 8.42 Å². The van der Waals surface area contributed by atoms with Crippen LogP contribution in [0, 0.1) is 0 Å². The molecule has 0 bridgehead atoms. The van der Waals surface area contributed by atoms with Crippen molar-refractivity contribution in [2.75, 3.05) is 11.0 Å². The van der Waals surface area contributed by atoms with E-state index in [0.717, 1.165) is 6.26 Å². The van der Waals surface area contributed by atoms with Crippen LogP contribution in [0.25, 0.3) is 0 Å². The maximum atomic E-state index is 11.0. The number of rotatable bonds is 5. The molecule has 0 amide bonds. The van der Waals surface area contributed by atoms with Gasteiger partial charge in [0.2, 0.25) is 10.0 Å². The van der Waals surface area contributed by atoms with Gasteiger partial charge in [0.1, 0.15) is 11.4 Å². The number of ether oxygens (including phenoxy) is 1. The topological polar surface area (TPSA) is 55.4 Å². The van der Waals surface area contributed by atoms with Crippen LogP contribution in [0.2, 0.25) is 0 Å². The Bertz CT molecular complexity index is 489. The van der Waals surface area contributed by atoms with E-state index < -0.39 is 15.6 Å². The number of sulfonamides is 1. The Morgan fingerprint density at radius 2 is 1.82 bits per heavy atom. The molecule has 0 aliphatic rings. The van der Waals surface area contributed by atoms with Crippen LogP contribution >= 0.6 is 0 Å². The zero-order chi connectivity index (χ0) is 13.1. The molecule has 1 rings (SSSR count). The Kier molecular flexibility index (Phi) is 3.83. The van der Waals surface area contributed by atoms with E-state index in [1.165, 1.54) is 0 Å². The summed E-state index contributed by atoms with van der Waals surface area (Å²) in [6.07, 6.45) is 2.81. The molecule has 5 heteroatoms. The summed E-state index contributed by atoms with van der Waals surface area (Å²) in [6, 6.07) is 6.71. The lowest BCUT2D eigenvalue weighted by molar-refractivity contribution is 0.162. The van der Waals surface area contributed by atoms with Crippen LogP contribution in [0.4, 0.5) is 5.69 Å². The summed E-state index contributed by atoms with van der Waals surface area (Å²) < 4.78 is 30.0. The molecule has 0 atom stereocenters. The third-order valence-electron chi connectivity index (χ3n) is 2.03. The zero-order valence-corrected chi connectivity index (χ0v) is 11.0. The monoisotopic (exact) mass is 255 g/mol. The van der Waals surface area contributed by atoms with E-state index >= 15 is 0 Å². The van der Waals surface area contributed by atoms with Crippen molar-refractivity contribution in [3.63, 3.8) is 0 Å². The third kappa shape index (κ3) is 4.91. The lowest BCUT2D eigenvalue weighted by atomic mass is 10.1. The predicted molar refractivity (Wildman–Crippen MR) is 69.8 cm³/mol. The average molecular weight is 255 g/mol. The maximum Gasteiger partial charge on any atom is 0.229 e. The molecule has 0 aliphatic carbocycles. The minimum Gasteiger partial charge on any atom is -0.484 e. The number of nitrogens with one attached hydrogen (secondary N) is 1. The van der Waals surface area contributed by atoms with Crippen molar-refractivity contribution in [1.29, 1.82) is 0 Å². The Balaban J connectivity index is 2.79. The van der Waals surface area contributed by atoms with E-state index in [1.54, 1.807) is 30.3 Å². The number of hydrogen-bond acceptors (Lipinski definition) is 3. The van der Waals surface area contributed by atoms with Crippen LogP contribution < -0.4 is 9.46 Å². The van der Waals surface area contributed by atoms with Crippen molar-refractivity contribution in [3.8, 4) is 5.75 Å². The van der Waals surface area contributed by atoms with Gasteiger partial charge in [-0.2, -0.15) is 0 Å². The molecule has 1 aromatic rings. The Hall–Kier alpha value is -1.49. The van der Waals surface area contributed by atoms with Crippen molar-refractivity contribution < 1.29 is 13.2 Å². The van der Waals surface area contributed by atoms with E-state index in [-0.39, 0.29) is 0 Å². The molecule has 0 fully saturated rings. The average Bonchev–Trinajstić information content (AvgIpc) is 2.19. The molecule has 0 heterocycles. The third-order valence-corrected chi connectivity index (χ3v) is 2.64. The molecule has 0 saturated heterocycles. The summed E-state index contributed by atoms with van der Waals surface area (Å²) >= 11 is 0. The van der Waals surface area contributed by atoms with E-state index in [9.17, 15) is 8.42 Å². The van der Waals surface area contributed by atoms with Gasteiger partial charge >= 0.3 is 0 Å². The summed E-state index contributed by atoms with van der Waals surface area (Å²) in [4.78, 5) is 0. The minimum atomic E-state index is -3.24. The van der Waals surface area contributed by atoms with Gasteiger partial charge in [-0.15, -0.1) is 0 Å². The standard InChI is InChI=1S/C12H17NO3S/c1-5-12(2,3)16-11-8-6-10(7-9-11)13-17(4,14)15/h5-9,13H,1H2,2-4H3. The summed E-state index contributed by atoms with van der Waals surface area (Å²) in [5, 5.41) is 0. The zero-order valence-electron chi connectivity index (χ0n) is 10.2. The Labute approximate surface area is 102 Å². The van der Waals surface area contributed by atoms with Crippen molar-refractivity contribution in [3.05, 3.63) is 36.9 Å². The molecule has 0 spiro atoms. The highest BCUT2D eigenvalue weighted by molar-refractivity contribution is 7.92. The molecule has 1 N–H and O–H groups in total. The molecular formula is C12H17NO3S. The lowest BCUT2D eigenvalue weighted by Crippen LogP contribution is -2.24. The van der Waals surface area contributed by atoms with Gasteiger partial charge in [-0.3, -0.25) is 4.72 Å². The minimum absolute atomic E-state index is 0.453. The SMILES string of the molecule is C=CC(C)(C)Oc1ccc(NS(C)(=O)=O)cc1. The van der Waals surface area contributed by atoms with E-state index in [0.29, 0.717) is 11.4 Å². The van der Waals surface area contributed by atoms with Crippen LogP contribution in [0.15, 0.2) is 36.9 Å². The van der Waals surface area contributed by atoms with Gasteiger partial charge in [0.05, 0.1) is 6.26 Å².